The standard InChI is InChI=1S/C21H27FO3/c1-12(23)25-18-7-6-16-15-5-4-13-10-14(24)8-9-20(13,2)19(15)17(22)11-21(16,18)3/h8-10,15-19H,4-7,11H2,1-3H3/t15-,16-,17-,18-,19+,20-,21-/m0/s1. The fourth-order valence-electron chi connectivity index (χ4n) is 6.60. The molecule has 0 heterocycles. The Morgan fingerprint density at radius 2 is 2.04 bits per heavy atom. The quantitative estimate of drug-likeness (QED) is 0.669. The lowest BCUT2D eigenvalue weighted by Crippen LogP contribution is -2.55. The number of ketones is 1. The van der Waals surface area contributed by atoms with Gasteiger partial charge in [-0.25, -0.2) is 4.39 Å². The van der Waals surface area contributed by atoms with E-state index in [1.807, 2.05) is 6.08 Å². The first-order valence-electron chi connectivity index (χ1n) is 9.51. The van der Waals surface area contributed by atoms with E-state index in [9.17, 15) is 9.59 Å². The molecule has 0 aromatic rings. The van der Waals surface area contributed by atoms with Crippen LogP contribution in [0.15, 0.2) is 23.8 Å². The molecule has 0 N–H and O–H groups in total. The number of esters is 1. The van der Waals surface area contributed by atoms with E-state index in [2.05, 4.69) is 13.8 Å². The number of alkyl halides is 1. The van der Waals surface area contributed by atoms with Gasteiger partial charge in [0.05, 0.1) is 0 Å². The zero-order chi connectivity index (χ0) is 18.0. The second kappa shape index (κ2) is 5.52. The maximum Gasteiger partial charge on any atom is 0.302 e. The number of fused-ring (bicyclic) bond motifs is 5. The van der Waals surface area contributed by atoms with Crippen LogP contribution in [0.1, 0.15) is 52.9 Å². The summed E-state index contributed by atoms with van der Waals surface area (Å²) in [5.41, 5.74) is 0.483. The molecule has 4 aliphatic rings. The normalized spacial score (nSPS) is 48.2. The van der Waals surface area contributed by atoms with E-state index in [0.717, 1.165) is 31.3 Å². The number of carbonyl (C=O) groups excluding carboxylic acids is 2. The number of hydrogen-bond donors (Lipinski definition) is 0. The number of allylic oxidation sites excluding steroid dienone is 4. The van der Waals surface area contributed by atoms with E-state index in [0.29, 0.717) is 12.3 Å². The Morgan fingerprint density at radius 3 is 2.76 bits per heavy atom. The summed E-state index contributed by atoms with van der Waals surface area (Å²) in [4.78, 5) is 23.3. The highest BCUT2D eigenvalue weighted by Crippen LogP contribution is 2.65. The van der Waals surface area contributed by atoms with Crippen LogP contribution < -0.4 is 0 Å². The van der Waals surface area contributed by atoms with Gasteiger partial charge in [-0.05, 0) is 56.1 Å². The molecule has 4 aliphatic carbocycles. The van der Waals surface area contributed by atoms with Crippen LogP contribution in [0.5, 0.6) is 0 Å². The van der Waals surface area contributed by atoms with Crippen LogP contribution in [0.3, 0.4) is 0 Å². The van der Waals surface area contributed by atoms with Crippen molar-refractivity contribution in [3.05, 3.63) is 23.8 Å². The highest BCUT2D eigenvalue weighted by molar-refractivity contribution is 6.01. The molecule has 0 unspecified atom stereocenters. The average Bonchev–Trinajstić information content (AvgIpc) is 2.83. The number of ether oxygens (including phenoxy) is 1. The van der Waals surface area contributed by atoms with Crippen molar-refractivity contribution in [3.8, 4) is 0 Å². The average molecular weight is 346 g/mol. The van der Waals surface area contributed by atoms with E-state index >= 15 is 4.39 Å². The Kier molecular flexibility index (Phi) is 3.75. The van der Waals surface area contributed by atoms with Crippen LogP contribution in [0.2, 0.25) is 0 Å². The van der Waals surface area contributed by atoms with Gasteiger partial charge < -0.3 is 4.74 Å². The van der Waals surface area contributed by atoms with E-state index in [-0.39, 0.29) is 40.5 Å². The van der Waals surface area contributed by atoms with Crippen molar-refractivity contribution in [2.24, 2.45) is 28.6 Å². The summed E-state index contributed by atoms with van der Waals surface area (Å²) in [7, 11) is 0. The minimum absolute atomic E-state index is 0.0257. The van der Waals surface area contributed by atoms with Gasteiger partial charge in [-0.1, -0.05) is 25.5 Å². The highest BCUT2D eigenvalue weighted by atomic mass is 19.1. The summed E-state index contributed by atoms with van der Waals surface area (Å²) in [5, 5.41) is 0. The van der Waals surface area contributed by atoms with Crippen LogP contribution in [0.25, 0.3) is 0 Å². The molecule has 0 radical (unpaired) electrons. The Bertz CT molecular complexity index is 681. The molecule has 4 heteroatoms. The van der Waals surface area contributed by atoms with Crippen LogP contribution in [-0.2, 0) is 14.3 Å². The third kappa shape index (κ3) is 2.36. The number of halogens is 1. The van der Waals surface area contributed by atoms with Gasteiger partial charge in [0, 0.05) is 23.7 Å². The molecule has 7 atom stereocenters. The number of carbonyl (C=O) groups is 2. The van der Waals surface area contributed by atoms with Gasteiger partial charge in [0.1, 0.15) is 12.3 Å². The maximum absolute atomic E-state index is 15.5. The molecule has 0 saturated heterocycles. The van der Waals surface area contributed by atoms with Crippen LogP contribution in [0, 0.1) is 28.6 Å². The molecule has 136 valence electrons. The second-order valence-corrected chi connectivity index (χ2v) is 8.92. The molecule has 0 aliphatic heterocycles. The van der Waals surface area contributed by atoms with Crippen molar-refractivity contribution >= 4 is 11.8 Å². The predicted octanol–water partition coefficient (Wildman–Crippen LogP) is 4.17. The second-order valence-electron chi connectivity index (χ2n) is 8.92. The summed E-state index contributed by atoms with van der Waals surface area (Å²) in [6.07, 6.45) is 8.28. The summed E-state index contributed by atoms with van der Waals surface area (Å²) < 4.78 is 21.1. The molecular formula is C21H27FO3. The van der Waals surface area contributed by atoms with Crippen molar-refractivity contribution in [2.75, 3.05) is 0 Å². The number of rotatable bonds is 1. The van der Waals surface area contributed by atoms with Crippen LogP contribution in [-0.4, -0.2) is 24.0 Å². The smallest absolute Gasteiger partial charge is 0.302 e. The monoisotopic (exact) mass is 346 g/mol. The van der Waals surface area contributed by atoms with Crippen LogP contribution >= 0.6 is 0 Å². The van der Waals surface area contributed by atoms with Crippen molar-refractivity contribution in [1.82, 2.24) is 0 Å². The van der Waals surface area contributed by atoms with Gasteiger partial charge >= 0.3 is 5.97 Å². The summed E-state index contributed by atoms with van der Waals surface area (Å²) in [5.74, 6) is 0.357. The maximum atomic E-state index is 15.5. The lowest BCUT2D eigenvalue weighted by Gasteiger charge is -2.57. The van der Waals surface area contributed by atoms with E-state index in [1.165, 1.54) is 6.92 Å². The molecule has 0 spiro atoms. The third-order valence-corrected chi connectivity index (χ3v) is 7.67. The molecular weight excluding hydrogens is 319 g/mol. The SMILES string of the molecule is CC(=O)O[C@H]1CC[C@H]2[C@@H]3CCC4=CC(=O)C=C[C@]4(C)[C@H]3[C@@H](F)C[C@]12C. The fourth-order valence-corrected chi connectivity index (χ4v) is 6.60. The minimum Gasteiger partial charge on any atom is -0.462 e. The summed E-state index contributed by atoms with van der Waals surface area (Å²) in [6.45, 7) is 5.67. The minimum atomic E-state index is -0.936. The lowest BCUT2D eigenvalue weighted by molar-refractivity contribution is -0.160. The largest absolute Gasteiger partial charge is 0.462 e. The van der Waals surface area contributed by atoms with Gasteiger partial charge in [-0.15, -0.1) is 0 Å². The van der Waals surface area contributed by atoms with Gasteiger partial charge in [0.2, 0.25) is 0 Å². The number of hydrogen-bond acceptors (Lipinski definition) is 3. The van der Waals surface area contributed by atoms with E-state index < -0.39 is 6.17 Å². The fraction of sp³-hybridized carbons (Fsp3) is 0.714. The Morgan fingerprint density at radius 1 is 1.28 bits per heavy atom. The van der Waals surface area contributed by atoms with Crippen molar-refractivity contribution in [2.45, 2.75) is 65.2 Å². The topological polar surface area (TPSA) is 43.4 Å². The molecule has 3 fully saturated rings. The van der Waals surface area contributed by atoms with Gasteiger partial charge in [0.25, 0.3) is 0 Å². The Labute approximate surface area is 148 Å². The summed E-state index contributed by atoms with van der Waals surface area (Å²) in [6, 6.07) is 0. The first-order valence-corrected chi connectivity index (χ1v) is 9.51. The molecule has 3 nitrogen and oxygen atoms in total. The Hall–Kier alpha value is -1.45. The third-order valence-electron chi connectivity index (χ3n) is 7.67. The van der Waals surface area contributed by atoms with Crippen molar-refractivity contribution in [1.29, 1.82) is 0 Å². The van der Waals surface area contributed by atoms with Gasteiger partial charge in [-0.2, -0.15) is 0 Å². The first-order chi connectivity index (χ1) is 11.8. The predicted molar refractivity (Wildman–Crippen MR) is 92.4 cm³/mol. The zero-order valence-electron chi connectivity index (χ0n) is 15.3. The molecule has 25 heavy (non-hydrogen) atoms. The van der Waals surface area contributed by atoms with Crippen LogP contribution in [0.4, 0.5) is 4.39 Å². The van der Waals surface area contributed by atoms with Crippen molar-refractivity contribution < 1.29 is 18.7 Å². The van der Waals surface area contributed by atoms with Gasteiger partial charge in [0.15, 0.2) is 5.78 Å². The first kappa shape index (κ1) is 17.0. The van der Waals surface area contributed by atoms with Crippen molar-refractivity contribution in [3.63, 3.8) is 0 Å². The van der Waals surface area contributed by atoms with E-state index in [4.69, 9.17) is 4.74 Å². The highest BCUT2D eigenvalue weighted by Gasteiger charge is 2.62. The molecule has 0 bridgehead atoms. The zero-order valence-corrected chi connectivity index (χ0v) is 15.3. The molecule has 0 amide bonds. The molecule has 3 saturated carbocycles. The summed E-state index contributed by atoms with van der Waals surface area (Å²) >= 11 is 0. The molecule has 0 aromatic heterocycles. The Balaban J connectivity index is 1.69. The lowest BCUT2D eigenvalue weighted by atomic mass is 9.48. The van der Waals surface area contributed by atoms with E-state index in [1.54, 1.807) is 12.2 Å². The van der Waals surface area contributed by atoms with Gasteiger partial charge in [-0.3, -0.25) is 9.59 Å². The molecule has 0 aromatic carbocycles. The molecule has 4 rings (SSSR count).